The van der Waals surface area contributed by atoms with Crippen LogP contribution in [0.3, 0.4) is 0 Å². The van der Waals surface area contributed by atoms with Crippen molar-refractivity contribution in [3.05, 3.63) is 48.5 Å². The molecule has 0 aliphatic carbocycles. The van der Waals surface area contributed by atoms with E-state index in [0.717, 1.165) is 5.56 Å². The van der Waals surface area contributed by atoms with Gasteiger partial charge in [-0.2, -0.15) is 0 Å². The van der Waals surface area contributed by atoms with Gasteiger partial charge in [0.15, 0.2) is 0 Å². The van der Waals surface area contributed by atoms with Crippen molar-refractivity contribution in [1.82, 2.24) is 9.97 Å². The van der Waals surface area contributed by atoms with Crippen molar-refractivity contribution in [2.24, 2.45) is 0 Å². The number of hydrogen-bond acceptors (Lipinski definition) is 3. The Kier molecular flexibility index (Phi) is 3.15. The minimum absolute atomic E-state index is 0.378. The Balaban J connectivity index is 2.24. The lowest BCUT2D eigenvalue weighted by Gasteiger charge is -2.07. The quantitative estimate of drug-likeness (QED) is 0.746. The fourth-order valence-corrected chi connectivity index (χ4v) is 1.35. The Labute approximate surface area is 92.7 Å². The molecule has 15 heavy (non-hydrogen) atoms. The molecule has 2 aromatic heterocycles. The van der Waals surface area contributed by atoms with E-state index in [-0.39, 0.29) is 0 Å². The van der Waals surface area contributed by atoms with E-state index in [1.807, 2.05) is 12.1 Å². The maximum Gasteiger partial charge on any atom is 0.145 e. The van der Waals surface area contributed by atoms with Crippen molar-refractivity contribution >= 4 is 11.6 Å². The van der Waals surface area contributed by atoms with Crippen molar-refractivity contribution in [3.63, 3.8) is 0 Å². The zero-order valence-corrected chi connectivity index (χ0v) is 8.69. The van der Waals surface area contributed by atoms with Gasteiger partial charge in [-0.25, -0.2) is 0 Å². The van der Waals surface area contributed by atoms with Crippen LogP contribution < -0.4 is 4.74 Å². The first-order valence-electron chi connectivity index (χ1n) is 4.47. The van der Waals surface area contributed by atoms with Crippen molar-refractivity contribution < 1.29 is 4.74 Å². The lowest BCUT2D eigenvalue weighted by atomic mass is 10.3. The molecule has 0 unspecified atom stereocenters. The summed E-state index contributed by atoms with van der Waals surface area (Å²) in [6.07, 6.45) is 6.71. The number of rotatable bonds is 3. The monoisotopic (exact) mass is 220 g/mol. The standard InChI is InChI=1S/C11H9ClN2O/c12-6-9-7-14-5-3-11(9)15-10-2-1-4-13-8-10/h1-5,7-8H,6H2. The average molecular weight is 221 g/mol. The fourth-order valence-electron chi connectivity index (χ4n) is 1.15. The molecular formula is C11H9ClN2O. The largest absolute Gasteiger partial charge is 0.455 e. The summed E-state index contributed by atoms with van der Waals surface area (Å²) in [5, 5.41) is 0. The predicted molar refractivity (Wildman–Crippen MR) is 58.1 cm³/mol. The molecule has 2 aromatic rings. The first kappa shape index (κ1) is 9.93. The summed E-state index contributed by atoms with van der Waals surface area (Å²) in [6.45, 7) is 0. The van der Waals surface area contributed by atoms with Gasteiger partial charge in [-0.05, 0) is 18.2 Å². The summed E-state index contributed by atoms with van der Waals surface area (Å²) in [6, 6.07) is 5.44. The first-order chi connectivity index (χ1) is 7.40. The average Bonchev–Trinajstić information content (AvgIpc) is 2.31. The maximum absolute atomic E-state index is 5.76. The van der Waals surface area contributed by atoms with Crippen molar-refractivity contribution in [2.75, 3.05) is 0 Å². The Morgan fingerprint density at radius 1 is 1.13 bits per heavy atom. The number of ether oxygens (including phenoxy) is 1. The highest BCUT2D eigenvalue weighted by molar-refractivity contribution is 6.17. The van der Waals surface area contributed by atoms with E-state index in [2.05, 4.69) is 9.97 Å². The first-order valence-corrected chi connectivity index (χ1v) is 5.00. The van der Waals surface area contributed by atoms with Crippen LogP contribution in [-0.4, -0.2) is 9.97 Å². The van der Waals surface area contributed by atoms with Crippen LogP contribution in [0.2, 0.25) is 0 Å². The van der Waals surface area contributed by atoms with E-state index in [9.17, 15) is 0 Å². The summed E-state index contributed by atoms with van der Waals surface area (Å²) in [5.74, 6) is 1.78. The summed E-state index contributed by atoms with van der Waals surface area (Å²) in [7, 11) is 0. The van der Waals surface area contributed by atoms with Gasteiger partial charge in [0, 0.05) is 24.2 Å². The molecule has 0 N–H and O–H groups in total. The number of hydrogen-bond donors (Lipinski definition) is 0. The van der Waals surface area contributed by atoms with E-state index < -0.39 is 0 Å². The van der Waals surface area contributed by atoms with Crippen LogP contribution in [0, 0.1) is 0 Å². The van der Waals surface area contributed by atoms with Crippen LogP contribution in [0.4, 0.5) is 0 Å². The van der Waals surface area contributed by atoms with E-state index >= 15 is 0 Å². The minimum Gasteiger partial charge on any atom is -0.455 e. The Morgan fingerprint density at radius 2 is 2.00 bits per heavy atom. The van der Waals surface area contributed by atoms with Crippen molar-refractivity contribution in [1.29, 1.82) is 0 Å². The molecule has 0 saturated heterocycles. The van der Waals surface area contributed by atoms with E-state index in [1.165, 1.54) is 0 Å². The second-order valence-corrected chi connectivity index (χ2v) is 3.18. The molecule has 0 spiro atoms. The van der Waals surface area contributed by atoms with Crippen LogP contribution in [0.25, 0.3) is 0 Å². The van der Waals surface area contributed by atoms with E-state index in [0.29, 0.717) is 17.4 Å². The molecular weight excluding hydrogens is 212 g/mol. The number of nitrogens with zero attached hydrogens (tertiary/aromatic N) is 2. The fraction of sp³-hybridized carbons (Fsp3) is 0.0909. The van der Waals surface area contributed by atoms with E-state index in [1.54, 1.807) is 30.9 Å². The predicted octanol–water partition coefficient (Wildman–Crippen LogP) is 3.01. The molecule has 3 nitrogen and oxygen atoms in total. The van der Waals surface area contributed by atoms with Gasteiger partial charge in [-0.1, -0.05) is 0 Å². The summed E-state index contributed by atoms with van der Waals surface area (Å²) >= 11 is 5.76. The normalized spacial score (nSPS) is 9.93. The molecule has 2 heterocycles. The number of alkyl halides is 1. The zero-order valence-electron chi connectivity index (χ0n) is 7.93. The smallest absolute Gasteiger partial charge is 0.145 e. The van der Waals surface area contributed by atoms with Crippen LogP contribution >= 0.6 is 11.6 Å². The molecule has 0 fully saturated rings. The second-order valence-electron chi connectivity index (χ2n) is 2.91. The number of pyridine rings is 2. The molecule has 0 radical (unpaired) electrons. The third kappa shape index (κ3) is 2.44. The lowest BCUT2D eigenvalue weighted by molar-refractivity contribution is 0.475. The highest BCUT2D eigenvalue weighted by Gasteiger charge is 2.03. The highest BCUT2D eigenvalue weighted by Crippen LogP contribution is 2.24. The van der Waals surface area contributed by atoms with Crippen LogP contribution in [-0.2, 0) is 5.88 Å². The molecule has 0 aromatic carbocycles. The van der Waals surface area contributed by atoms with Gasteiger partial charge in [0.1, 0.15) is 11.5 Å². The molecule has 0 aliphatic rings. The molecule has 0 bridgehead atoms. The third-order valence-electron chi connectivity index (χ3n) is 1.87. The summed E-state index contributed by atoms with van der Waals surface area (Å²) in [4.78, 5) is 7.94. The molecule has 0 amide bonds. The third-order valence-corrected chi connectivity index (χ3v) is 2.15. The van der Waals surface area contributed by atoms with Gasteiger partial charge < -0.3 is 4.74 Å². The number of halogens is 1. The van der Waals surface area contributed by atoms with Gasteiger partial charge in [0.2, 0.25) is 0 Å². The minimum atomic E-state index is 0.378. The molecule has 0 saturated carbocycles. The van der Waals surface area contributed by atoms with Crippen LogP contribution in [0.15, 0.2) is 43.0 Å². The molecule has 0 atom stereocenters. The molecule has 76 valence electrons. The highest BCUT2D eigenvalue weighted by atomic mass is 35.5. The van der Waals surface area contributed by atoms with Gasteiger partial charge in [-0.15, -0.1) is 11.6 Å². The van der Waals surface area contributed by atoms with Crippen LogP contribution in [0.5, 0.6) is 11.5 Å². The molecule has 4 heteroatoms. The SMILES string of the molecule is ClCc1cnccc1Oc1cccnc1. The zero-order chi connectivity index (χ0) is 10.5. The van der Waals surface area contributed by atoms with Crippen molar-refractivity contribution in [2.45, 2.75) is 5.88 Å². The molecule has 2 rings (SSSR count). The Morgan fingerprint density at radius 3 is 2.73 bits per heavy atom. The number of aromatic nitrogens is 2. The van der Waals surface area contributed by atoms with Gasteiger partial charge in [-0.3, -0.25) is 9.97 Å². The molecule has 0 aliphatic heterocycles. The van der Waals surface area contributed by atoms with Gasteiger partial charge in [0.25, 0.3) is 0 Å². The lowest BCUT2D eigenvalue weighted by Crippen LogP contribution is -1.90. The topological polar surface area (TPSA) is 35.0 Å². The maximum atomic E-state index is 5.76. The van der Waals surface area contributed by atoms with E-state index in [4.69, 9.17) is 16.3 Å². The summed E-state index contributed by atoms with van der Waals surface area (Å²) in [5.41, 5.74) is 0.864. The Hall–Kier alpha value is -1.61. The van der Waals surface area contributed by atoms with Gasteiger partial charge >= 0.3 is 0 Å². The van der Waals surface area contributed by atoms with Crippen LogP contribution in [0.1, 0.15) is 5.56 Å². The Bertz CT molecular complexity index is 434. The summed E-state index contributed by atoms with van der Waals surface area (Å²) < 4.78 is 5.61. The second kappa shape index (κ2) is 4.75. The van der Waals surface area contributed by atoms with Crippen molar-refractivity contribution in [3.8, 4) is 11.5 Å². The van der Waals surface area contributed by atoms with Gasteiger partial charge in [0.05, 0.1) is 12.1 Å².